The Kier molecular flexibility index (Phi) is 5.85. The fourth-order valence-corrected chi connectivity index (χ4v) is 2.79. The fourth-order valence-electron chi connectivity index (χ4n) is 2.62. The molecule has 2 rings (SSSR count). The number of nitrogens with zero attached hydrogens (tertiary/aromatic N) is 2. The Labute approximate surface area is 132 Å². The quantitative estimate of drug-likeness (QED) is 0.906. The summed E-state index contributed by atoms with van der Waals surface area (Å²) in [6.45, 7) is 12.0. The van der Waals surface area contributed by atoms with Crippen LogP contribution in [0.2, 0.25) is 5.02 Å². The largest absolute Gasteiger partial charge is 0.372 e. The average molecular weight is 312 g/mol. The Balaban J connectivity index is 2.06. The Morgan fingerprint density at radius 3 is 2.62 bits per heavy atom. The van der Waals surface area contributed by atoms with E-state index in [1.807, 2.05) is 12.1 Å². The van der Waals surface area contributed by atoms with Crippen LogP contribution in [0.15, 0.2) is 12.1 Å². The van der Waals surface area contributed by atoms with Crippen molar-refractivity contribution in [2.24, 2.45) is 5.92 Å². The highest BCUT2D eigenvalue weighted by Crippen LogP contribution is 2.22. The van der Waals surface area contributed by atoms with Gasteiger partial charge >= 0.3 is 0 Å². The second-order valence-corrected chi connectivity index (χ2v) is 6.69. The van der Waals surface area contributed by atoms with E-state index in [9.17, 15) is 0 Å². The summed E-state index contributed by atoms with van der Waals surface area (Å²) in [6, 6.07) is 3.94. The van der Waals surface area contributed by atoms with E-state index in [1.54, 1.807) is 0 Å². The first-order valence-electron chi connectivity index (χ1n) is 7.72. The van der Waals surface area contributed by atoms with E-state index >= 15 is 0 Å². The standard InChI is InChI=1S/C16H26ClN3O/c1-11(2)7-18-8-15-14(17)5-6-16(19-15)20-9-12(3)21-13(4)10-20/h5-6,11-13,18H,7-10H2,1-4H3/t12-,13+. The maximum atomic E-state index is 6.26. The van der Waals surface area contributed by atoms with Gasteiger partial charge in [0.2, 0.25) is 0 Å². The van der Waals surface area contributed by atoms with Gasteiger partial charge in [0.15, 0.2) is 0 Å². The minimum Gasteiger partial charge on any atom is -0.372 e. The van der Waals surface area contributed by atoms with E-state index < -0.39 is 0 Å². The summed E-state index contributed by atoms with van der Waals surface area (Å²) in [5.41, 5.74) is 0.918. The van der Waals surface area contributed by atoms with E-state index in [0.29, 0.717) is 12.5 Å². The highest BCUT2D eigenvalue weighted by atomic mass is 35.5. The number of aromatic nitrogens is 1. The topological polar surface area (TPSA) is 37.4 Å². The summed E-state index contributed by atoms with van der Waals surface area (Å²) >= 11 is 6.26. The predicted molar refractivity (Wildman–Crippen MR) is 88.0 cm³/mol. The van der Waals surface area contributed by atoms with Crippen LogP contribution in [0.25, 0.3) is 0 Å². The lowest BCUT2D eigenvalue weighted by Gasteiger charge is -2.36. The van der Waals surface area contributed by atoms with Gasteiger partial charge in [-0.15, -0.1) is 0 Å². The van der Waals surface area contributed by atoms with Crippen molar-refractivity contribution in [1.29, 1.82) is 0 Å². The summed E-state index contributed by atoms with van der Waals surface area (Å²) in [5.74, 6) is 1.61. The van der Waals surface area contributed by atoms with Gasteiger partial charge in [0, 0.05) is 19.6 Å². The normalized spacial score (nSPS) is 22.9. The molecule has 1 aliphatic rings. The van der Waals surface area contributed by atoms with Crippen LogP contribution >= 0.6 is 11.6 Å². The minimum absolute atomic E-state index is 0.230. The number of nitrogens with one attached hydrogen (secondary N) is 1. The molecule has 2 heterocycles. The number of ether oxygens (including phenoxy) is 1. The molecule has 0 unspecified atom stereocenters. The number of pyridine rings is 1. The molecule has 0 amide bonds. The lowest BCUT2D eigenvalue weighted by molar-refractivity contribution is -0.00546. The van der Waals surface area contributed by atoms with Crippen molar-refractivity contribution in [2.75, 3.05) is 24.5 Å². The Bertz CT molecular complexity index is 457. The number of anilines is 1. The first-order chi connectivity index (χ1) is 9.95. The molecule has 1 N–H and O–H groups in total. The number of hydrogen-bond donors (Lipinski definition) is 1. The second kappa shape index (κ2) is 7.43. The van der Waals surface area contributed by atoms with Gasteiger partial charge in [0.25, 0.3) is 0 Å². The van der Waals surface area contributed by atoms with Crippen LogP contribution < -0.4 is 10.2 Å². The highest BCUT2D eigenvalue weighted by molar-refractivity contribution is 6.31. The molecule has 0 spiro atoms. The molecule has 0 saturated carbocycles. The molecule has 0 bridgehead atoms. The molecular formula is C16H26ClN3O. The van der Waals surface area contributed by atoms with E-state index in [0.717, 1.165) is 36.2 Å². The van der Waals surface area contributed by atoms with Crippen molar-refractivity contribution in [3.05, 3.63) is 22.8 Å². The van der Waals surface area contributed by atoms with Crippen LogP contribution in [-0.4, -0.2) is 36.8 Å². The van der Waals surface area contributed by atoms with E-state index in [1.165, 1.54) is 0 Å². The summed E-state index contributed by atoms with van der Waals surface area (Å²) in [4.78, 5) is 7.02. The van der Waals surface area contributed by atoms with Crippen LogP contribution in [-0.2, 0) is 11.3 Å². The van der Waals surface area contributed by atoms with Crippen LogP contribution in [0.4, 0.5) is 5.82 Å². The van der Waals surface area contributed by atoms with Gasteiger partial charge in [-0.25, -0.2) is 4.98 Å². The Morgan fingerprint density at radius 1 is 1.33 bits per heavy atom. The summed E-state index contributed by atoms with van der Waals surface area (Å²) < 4.78 is 5.78. The zero-order chi connectivity index (χ0) is 15.4. The van der Waals surface area contributed by atoms with E-state index in [-0.39, 0.29) is 12.2 Å². The first-order valence-corrected chi connectivity index (χ1v) is 8.10. The van der Waals surface area contributed by atoms with Gasteiger partial charge in [-0.2, -0.15) is 0 Å². The lowest BCUT2D eigenvalue weighted by atomic mass is 10.2. The molecule has 0 radical (unpaired) electrons. The number of halogens is 1. The third-order valence-corrected chi connectivity index (χ3v) is 3.84. The first kappa shape index (κ1) is 16.5. The third-order valence-electron chi connectivity index (χ3n) is 3.49. The molecule has 4 nitrogen and oxygen atoms in total. The van der Waals surface area contributed by atoms with Gasteiger partial charge in [0.05, 0.1) is 22.9 Å². The number of hydrogen-bond acceptors (Lipinski definition) is 4. The fraction of sp³-hybridized carbons (Fsp3) is 0.688. The number of morpholine rings is 1. The molecular weight excluding hydrogens is 286 g/mol. The molecule has 1 aromatic heterocycles. The molecule has 5 heteroatoms. The van der Waals surface area contributed by atoms with Crippen molar-refractivity contribution < 1.29 is 4.74 Å². The molecule has 1 aromatic rings. The monoisotopic (exact) mass is 311 g/mol. The zero-order valence-electron chi connectivity index (χ0n) is 13.4. The smallest absolute Gasteiger partial charge is 0.129 e. The third kappa shape index (κ3) is 4.83. The highest BCUT2D eigenvalue weighted by Gasteiger charge is 2.23. The van der Waals surface area contributed by atoms with Gasteiger partial charge in [-0.3, -0.25) is 0 Å². The van der Waals surface area contributed by atoms with Gasteiger partial charge < -0.3 is 15.0 Å². The summed E-state index contributed by atoms with van der Waals surface area (Å²) in [7, 11) is 0. The summed E-state index contributed by atoms with van der Waals surface area (Å²) in [6.07, 6.45) is 0.461. The van der Waals surface area contributed by atoms with Gasteiger partial charge in [0.1, 0.15) is 5.82 Å². The maximum absolute atomic E-state index is 6.26. The Morgan fingerprint density at radius 2 is 2.00 bits per heavy atom. The van der Waals surface area contributed by atoms with Gasteiger partial charge in [-0.05, 0) is 38.4 Å². The van der Waals surface area contributed by atoms with Crippen LogP contribution in [0.1, 0.15) is 33.4 Å². The van der Waals surface area contributed by atoms with Crippen molar-refractivity contribution in [1.82, 2.24) is 10.3 Å². The summed E-state index contributed by atoms with van der Waals surface area (Å²) in [5, 5.41) is 4.13. The molecule has 2 atom stereocenters. The number of rotatable bonds is 5. The lowest BCUT2D eigenvalue weighted by Crippen LogP contribution is -2.45. The molecule has 21 heavy (non-hydrogen) atoms. The van der Waals surface area contributed by atoms with Crippen molar-refractivity contribution >= 4 is 17.4 Å². The predicted octanol–water partition coefficient (Wildman–Crippen LogP) is 3.09. The maximum Gasteiger partial charge on any atom is 0.129 e. The average Bonchev–Trinajstić information content (AvgIpc) is 2.39. The molecule has 1 aliphatic heterocycles. The van der Waals surface area contributed by atoms with E-state index in [4.69, 9.17) is 21.3 Å². The van der Waals surface area contributed by atoms with E-state index in [2.05, 4.69) is 37.9 Å². The van der Waals surface area contributed by atoms with Gasteiger partial charge in [-0.1, -0.05) is 25.4 Å². The molecule has 118 valence electrons. The zero-order valence-corrected chi connectivity index (χ0v) is 14.2. The van der Waals surface area contributed by atoms with Crippen molar-refractivity contribution in [3.63, 3.8) is 0 Å². The van der Waals surface area contributed by atoms with Crippen molar-refractivity contribution in [2.45, 2.75) is 46.4 Å². The van der Waals surface area contributed by atoms with Crippen LogP contribution in [0.3, 0.4) is 0 Å². The van der Waals surface area contributed by atoms with Crippen molar-refractivity contribution in [3.8, 4) is 0 Å². The minimum atomic E-state index is 0.230. The molecule has 1 saturated heterocycles. The van der Waals surface area contributed by atoms with Crippen LogP contribution in [0.5, 0.6) is 0 Å². The molecule has 0 aliphatic carbocycles. The second-order valence-electron chi connectivity index (χ2n) is 6.29. The molecule has 1 fully saturated rings. The molecule has 0 aromatic carbocycles. The Hall–Kier alpha value is -0.840. The van der Waals surface area contributed by atoms with Crippen LogP contribution in [0, 0.1) is 5.92 Å². The SMILES string of the molecule is CC(C)CNCc1nc(N2C[C@@H](C)O[C@@H](C)C2)ccc1Cl.